The van der Waals surface area contributed by atoms with Gasteiger partial charge in [-0.25, -0.2) is 13.9 Å². The standard InChI is InChI=1S/C31H22FN2O2/c1-17-7-10-21-22-13-14-24(32)28(30(22)36-29(21)27(17)25-6-4-5-15-34(25)3)19-9-12-20-23-11-8-18(2)33-31(23)35-26(20)16-19/h4-16H,1-3H3/q+1. The van der Waals surface area contributed by atoms with Crippen molar-refractivity contribution in [3.8, 4) is 22.4 Å². The summed E-state index contributed by atoms with van der Waals surface area (Å²) in [4.78, 5) is 4.50. The minimum absolute atomic E-state index is 0.338. The molecular formula is C31H22FN2O2+. The topological polar surface area (TPSA) is 43.1 Å². The van der Waals surface area contributed by atoms with Gasteiger partial charge in [0, 0.05) is 39.4 Å². The quantitative estimate of drug-likeness (QED) is 0.241. The van der Waals surface area contributed by atoms with E-state index in [2.05, 4.69) is 34.7 Å². The van der Waals surface area contributed by atoms with E-state index in [0.29, 0.717) is 28.0 Å². The summed E-state index contributed by atoms with van der Waals surface area (Å²) in [6.07, 6.45) is 2.01. The van der Waals surface area contributed by atoms with Crippen LogP contribution in [0.1, 0.15) is 11.3 Å². The van der Waals surface area contributed by atoms with Crippen molar-refractivity contribution in [3.05, 3.63) is 96.1 Å². The zero-order valence-electron chi connectivity index (χ0n) is 20.1. The summed E-state index contributed by atoms with van der Waals surface area (Å²) >= 11 is 0. The van der Waals surface area contributed by atoms with Crippen molar-refractivity contribution < 1.29 is 17.8 Å². The lowest BCUT2D eigenvalue weighted by Crippen LogP contribution is -2.30. The molecule has 0 N–H and O–H groups in total. The number of aryl methyl sites for hydroxylation is 3. The highest BCUT2D eigenvalue weighted by molar-refractivity contribution is 6.14. The summed E-state index contributed by atoms with van der Waals surface area (Å²) in [5, 5.41) is 3.73. The van der Waals surface area contributed by atoms with Crippen LogP contribution in [-0.4, -0.2) is 4.98 Å². The molecule has 4 heterocycles. The van der Waals surface area contributed by atoms with Crippen molar-refractivity contribution in [2.75, 3.05) is 0 Å². The predicted octanol–water partition coefficient (Wildman–Crippen LogP) is 7.79. The average molecular weight is 474 g/mol. The molecule has 5 heteroatoms. The predicted molar refractivity (Wildman–Crippen MR) is 140 cm³/mol. The van der Waals surface area contributed by atoms with Crippen molar-refractivity contribution in [2.24, 2.45) is 7.05 Å². The molecule has 0 radical (unpaired) electrons. The van der Waals surface area contributed by atoms with Crippen LogP contribution in [0, 0.1) is 19.7 Å². The minimum Gasteiger partial charge on any atom is -0.454 e. The number of aromatic nitrogens is 2. The summed E-state index contributed by atoms with van der Waals surface area (Å²) in [7, 11) is 2.01. The molecule has 4 aromatic heterocycles. The average Bonchev–Trinajstić information content (AvgIpc) is 3.41. The highest BCUT2D eigenvalue weighted by Crippen LogP contribution is 2.42. The molecule has 0 spiro atoms. The van der Waals surface area contributed by atoms with Gasteiger partial charge in [-0.05, 0) is 67.4 Å². The van der Waals surface area contributed by atoms with Crippen LogP contribution in [0.3, 0.4) is 0 Å². The van der Waals surface area contributed by atoms with Crippen LogP contribution < -0.4 is 4.57 Å². The second kappa shape index (κ2) is 7.49. The number of benzene rings is 3. The second-order valence-electron chi connectivity index (χ2n) is 9.35. The molecule has 0 aliphatic carbocycles. The highest BCUT2D eigenvalue weighted by Gasteiger charge is 2.23. The molecule has 4 nitrogen and oxygen atoms in total. The monoisotopic (exact) mass is 473 g/mol. The van der Waals surface area contributed by atoms with Gasteiger partial charge in [0.05, 0.1) is 11.1 Å². The first-order valence-electron chi connectivity index (χ1n) is 11.9. The SMILES string of the molecule is Cc1ccc2c(n1)oc1cc(-c3c(F)ccc4c3oc3c(-c5cccc[n+]5C)c(C)ccc34)ccc12. The first kappa shape index (κ1) is 20.8. The molecule has 174 valence electrons. The van der Waals surface area contributed by atoms with Gasteiger partial charge in [0.1, 0.15) is 29.6 Å². The van der Waals surface area contributed by atoms with Gasteiger partial charge in [0.25, 0.3) is 0 Å². The maximum atomic E-state index is 15.5. The van der Waals surface area contributed by atoms with Gasteiger partial charge in [-0.1, -0.05) is 18.2 Å². The molecule has 36 heavy (non-hydrogen) atoms. The molecule has 7 rings (SSSR count). The van der Waals surface area contributed by atoms with Crippen LogP contribution in [0.4, 0.5) is 4.39 Å². The summed E-state index contributed by atoms with van der Waals surface area (Å²) in [5.74, 6) is -0.338. The molecule has 0 aliphatic heterocycles. The van der Waals surface area contributed by atoms with E-state index in [1.165, 1.54) is 6.07 Å². The number of hydrogen-bond donors (Lipinski definition) is 0. The van der Waals surface area contributed by atoms with Gasteiger partial charge in [-0.3, -0.25) is 0 Å². The lowest BCUT2D eigenvalue weighted by atomic mass is 9.98. The number of halogens is 1. The Labute approximate surface area is 206 Å². The smallest absolute Gasteiger partial charge is 0.227 e. The molecule has 0 fully saturated rings. The van der Waals surface area contributed by atoms with Crippen LogP contribution in [0.25, 0.3) is 66.4 Å². The van der Waals surface area contributed by atoms with E-state index in [1.807, 2.05) is 62.6 Å². The molecule has 0 saturated carbocycles. The van der Waals surface area contributed by atoms with Crippen LogP contribution in [0.15, 0.2) is 87.8 Å². The fourth-order valence-corrected chi connectivity index (χ4v) is 5.25. The van der Waals surface area contributed by atoms with E-state index in [0.717, 1.165) is 49.6 Å². The molecule has 7 aromatic rings. The van der Waals surface area contributed by atoms with Crippen molar-refractivity contribution in [3.63, 3.8) is 0 Å². The van der Waals surface area contributed by atoms with Crippen molar-refractivity contribution in [1.29, 1.82) is 0 Å². The lowest BCUT2D eigenvalue weighted by molar-refractivity contribution is -0.660. The third kappa shape index (κ3) is 2.92. The molecule has 0 aliphatic rings. The summed E-state index contributed by atoms with van der Waals surface area (Å²) in [6, 6.07) is 23.3. The van der Waals surface area contributed by atoms with Gasteiger partial charge in [0.2, 0.25) is 11.4 Å². The van der Waals surface area contributed by atoms with E-state index in [-0.39, 0.29) is 5.82 Å². The molecule has 0 bridgehead atoms. The third-order valence-electron chi connectivity index (χ3n) is 7.04. The third-order valence-corrected chi connectivity index (χ3v) is 7.04. The Balaban J connectivity index is 1.52. The largest absolute Gasteiger partial charge is 0.454 e. The number of nitrogens with zero attached hydrogens (tertiary/aromatic N) is 2. The van der Waals surface area contributed by atoms with Crippen LogP contribution >= 0.6 is 0 Å². The van der Waals surface area contributed by atoms with E-state index in [4.69, 9.17) is 8.83 Å². The van der Waals surface area contributed by atoms with E-state index in [1.54, 1.807) is 6.07 Å². The van der Waals surface area contributed by atoms with Crippen molar-refractivity contribution >= 4 is 44.0 Å². The van der Waals surface area contributed by atoms with Gasteiger partial charge < -0.3 is 8.83 Å². The molecule has 0 atom stereocenters. The van der Waals surface area contributed by atoms with Gasteiger partial charge in [-0.2, -0.15) is 0 Å². The van der Waals surface area contributed by atoms with Gasteiger partial charge in [-0.15, -0.1) is 0 Å². The van der Waals surface area contributed by atoms with Crippen LogP contribution in [0.2, 0.25) is 0 Å². The molecular weight excluding hydrogens is 451 g/mol. The zero-order valence-corrected chi connectivity index (χ0v) is 20.1. The minimum atomic E-state index is -0.338. The number of rotatable bonds is 2. The molecule has 0 unspecified atom stereocenters. The Morgan fingerprint density at radius 2 is 1.50 bits per heavy atom. The number of fused-ring (bicyclic) bond motifs is 6. The molecule has 0 saturated heterocycles. The number of hydrogen-bond acceptors (Lipinski definition) is 3. The fourth-order valence-electron chi connectivity index (χ4n) is 5.25. The Morgan fingerprint density at radius 1 is 0.750 bits per heavy atom. The second-order valence-corrected chi connectivity index (χ2v) is 9.35. The first-order valence-corrected chi connectivity index (χ1v) is 11.9. The Kier molecular flexibility index (Phi) is 4.33. The van der Waals surface area contributed by atoms with Gasteiger partial charge >= 0.3 is 0 Å². The first-order chi connectivity index (χ1) is 17.5. The Morgan fingerprint density at radius 3 is 2.33 bits per heavy atom. The van der Waals surface area contributed by atoms with E-state index < -0.39 is 0 Å². The van der Waals surface area contributed by atoms with E-state index in [9.17, 15) is 0 Å². The Bertz CT molecular complexity index is 2000. The maximum absolute atomic E-state index is 15.5. The lowest BCUT2D eigenvalue weighted by Gasteiger charge is -2.05. The van der Waals surface area contributed by atoms with E-state index >= 15 is 4.39 Å². The van der Waals surface area contributed by atoms with Gasteiger partial charge in [0.15, 0.2) is 6.20 Å². The summed E-state index contributed by atoms with van der Waals surface area (Å²) in [6.45, 7) is 4.00. The summed E-state index contributed by atoms with van der Waals surface area (Å²) in [5.41, 5.74) is 7.68. The highest BCUT2D eigenvalue weighted by atomic mass is 19.1. The summed E-state index contributed by atoms with van der Waals surface area (Å²) < 4.78 is 30.1. The number of pyridine rings is 2. The molecule has 0 amide bonds. The zero-order chi connectivity index (χ0) is 24.6. The fraction of sp³-hybridized carbons (Fsp3) is 0.0968. The number of furan rings is 2. The van der Waals surface area contributed by atoms with Crippen molar-refractivity contribution in [1.82, 2.24) is 4.98 Å². The van der Waals surface area contributed by atoms with Crippen molar-refractivity contribution in [2.45, 2.75) is 13.8 Å². The van der Waals surface area contributed by atoms with Crippen LogP contribution in [0.5, 0.6) is 0 Å². The molecule has 3 aromatic carbocycles. The van der Waals surface area contributed by atoms with Crippen LogP contribution in [-0.2, 0) is 7.05 Å². The Hall–Kier alpha value is -4.51. The normalized spacial score (nSPS) is 11.9. The maximum Gasteiger partial charge on any atom is 0.227 e.